The molecule has 2 rings (SSSR count). The fourth-order valence-electron chi connectivity index (χ4n) is 2.40. The summed E-state index contributed by atoms with van der Waals surface area (Å²) in [4.78, 5) is 0. The van der Waals surface area contributed by atoms with Crippen LogP contribution in [-0.4, -0.2) is 6.54 Å². The summed E-state index contributed by atoms with van der Waals surface area (Å²) in [7, 11) is 0. The van der Waals surface area contributed by atoms with Gasteiger partial charge in [-0.1, -0.05) is 6.42 Å². The van der Waals surface area contributed by atoms with E-state index in [0.29, 0.717) is 0 Å². The highest BCUT2D eigenvalue weighted by Crippen LogP contribution is 2.60. The van der Waals surface area contributed by atoms with E-state index in [2.05, 4.69) is 0 Å². The third kappa shape index (κ3) is 0.710. The molecule has 0 bridgehead atoms. The smallest absolute Gasteiger partial charge is 0.00436 e. The Balaban J connectivity index is 2.05. The van der Waals surface area contributed by atoms with Crippen molar-refractivity contribution < 1.29 is 0 Å². The molecule has 2 saturated carbocycles. The first-order valence-corrected chi connectivity index (χ1v) is 4.07. The third-order valence-corrected chi connectivity index (χ3v) is 3.27. The molecule has 0 unspecified atom stereocenters. The SMILES string of the molecule is NC[C@H]1CCCC12CC2. The molecule has 2 aliphatic carbocycles. The van der Waals surface area contributed by atoms with Gasteiger partial charge in [-0.25, -0.2) is 0 Å². The van der Waals surface area contributed by atoms with E-state index in [1.807, 2.05) is 0 Å². The normalized spacial score (nSPS) is 37.7. The van der Waals surface area contributed by atoms with Gasteiger partial charge in [-0.15, -0.1) is 0 Å². The Labute approximate surface area is 56.6 Å². The van der Waals surface area contributed by atoms with E-state index < -0.39 is 0 Å². The maximum Gasteiger partial charge on any atom is -0.00436 e. The molecule has 0 aromatic rings. The highest BCUT2D eigenvalue weighted by atomic mass is 14.6. The van der Waals surface area contributed by atoms with E-state index in [9.17, 15) is 0 Å². The van der Waals surface area contributed by atoms with Crippen molar-refractivity contribution in [3.8, 4) is 0 Å². The molecular weight excluding hydrogens is 110 g/mol. The Hall–Kier alpha value is -0.0400. The molecule has 2 aliphatic rings. The summed E-state index contributed by atoms with van der Waals surface area (Å²) in [5.41, 5.74) is 6.44. The zero-order chi connectivity index (χ0) is 6.32. The molecule has 52 valence electrons. The molecule has 9 heavy (non-hydrogen) atoms. The van der Waals surface area contributed by atoms with Crippen molar-refractivity contribution in [2.24, 2.45) is 17.1 Å². The maximum absolute atomic E-state index is 5.65. The molecule has 0 aromatic heterocycles. The molecule has 1 atom stereocenters. The molecule has 1 nitrogen and oxygen atoms in total. The van der Waals surface area contributed by atoms with Gasteiger partial charge in [0.2, 0.25) is 0 Å². The lowest BCUT2D eigenvalue weighted by Crippen LogP contribution is -2.18. The number of hydrogen-bond donors (Lipinski definition) is 1. The van der Waals surface area contributed by atoms with Crippen molar-refractivity contribution in [3.05, 3.63) is 0 Å². The van der Waals surface area contributed by atoms with Crippen LogP contribution < -0.4 is 5.73 Å². The van der Waals surface area contributed by atoms with E-state index in [-0.39, 0.29) is 0 Å². The van der Waals surface area contributed by atoms with Gasteiger partial charge in [0.15, 0.2) is 0 Å². The highest BCUT2D eigenvalue weighted by molar-refractivity contribution is 5.02. The summed E-state index contributed by atoms with van der Waals surface area (Å²) >= 11 is 0. The first kappa shape index (κ1) is 5.72. The van der Waals surface area contributed by atoms with Gasteiger partial charge in [-0.3, -0.25) is 0 Å². The van der Waals surface area contributed by atoms with Gasteiger partial charge >= 0.3 is 0 Å². The monoisotopic (exact) mass is 125 g/mol. The van der Waals surface area contributed by atoms with E-state index in [1.165, 1.54) is 32.1 Å². The largest absolute Gasteiger partial charge is 0.330 e. The first-order valence-electron chi connectivity index (χ1n) is 4.07. The van der Waals surface area contributed by atoms with Crippen LogP contribution in [0.15, 0.2) is 0 Å². The average Bonchev–Trinajstić information content (AvgIpc) is 2.45. The minimum Gasteiger partial charge on any atom is -0.330 e. The second kappa shape index (κ2) is 1.72. The third-order valence-electron chi connectivity index (χ3n) is 3.27. The average molecular weight is 125 g/mol. The minimum atomic E-state index is 0.786. The lowest BCUT2D eigenvalue weighted by molar-refractivity contribution is 0.374. The zero-order valence-electron chi connectivity index (χ0n) is 5.90. The topological polar surface area (TPSA) is 26.0 Å². The van der Waals surface area contributed by atoms with Crippen LogP contribution in [0, 0.1) is 11.3 Å². The fourth-order valence-corrected chi connectivity index (χ4v) is 2.40. The summed E-state index contributed by atoms with van der Waals surface area (Å²) in [6, 6.07) is 0. The van der Waals surface area contributed by atoms with Crippen LogP contribution in [0.25, 0.3) is 0 Å². The predicted octanol–water partition coefficient (Wildman–Crippen LogP) is 1.53. The molecule has 0 saturated heterocycles. The summed E-state index contributed by atoms with van der Waals surface area (Å²) in [5, 5.41) is 0. The molecule has 2 fully saturated rings. The Morgan fingerprint density at radius 1 is 1.33 bits per heavy atom. The number of rotatable bonds is 1. The lowest BCUT2D eigenvalue weighted by atomic mass is 9.93. The molecule has 2 N–H and O–H groups in total. The molecular formula is C8H15N. The maximum atomic E-state index is 5.65. The molecule has 0 aliphatic heterocycles. The van der Waals surface area contributed by atoms with Crippen LogP contribution in [0.1, 0.15) is 32.1 Å². The van der Waals surface area contributed by atoms with Gasteiger partial charge in [0.05, 0.1) is 0 Å². The van der Waals surface area contributed by atoms with E-state index in [4.69, 9.17) is 5.73 Å². The second-order valence-corrected chi connectivity index (χ2v) is 3.69. The Bertz CT molecular complexity index is 116. The molecule has 1 spiro atoms. The van der Waals surface area contributed by atoms with E-state index >= 15 is 0 Å². The highest BCUT2D eigenvalue weighted by Gasteiger charge is 2.50. The minimum absolute atomic E-state index is 0.786. The zero-order valence-corrected chi connectivity index (χ0v) is 5.90. The first-order chi connectivity index (χ1) is 4.37. The molecule has 0 radical (unpaired) electrons. The predicted molar refractivity (Wildman–Crippen MR) is 38.1 cm³/mol. The number of nitrogens with two attached hydrogens (primary N) is 1. The molecule has 1 heteroatoms. The van der Waals surface area contributed by atoms with Crippen LogP contribution >= 0.6 is 0 Å². The van der Waals surface area contributed by atoms with Crippen LogP contribution in [0.5, 0.6) is 0 Å². The van der Waals surface area contributed by atoms with Gasteiger partial charge < -0.3 is 5.73 Å². The molecule has 0 aromatic carbocycles. The van der Waals surface area contributed by atoms with Crippen molar-refractivity contribution in [1.82, 2.24) is 0 Å². The second-order valence-electron chi connectivity index (χ2n) is 3.69. The fraction of sp³-hybridized carbons (Fsp3) is 1.00. The molecule has 0 amide bonds. The standard InChI is InChI=1S/C8H15N/c9-6-7-2-1-3-8(7)4-5-8/h7H,1-6,9H2/t7-/m1/s1. The van der Waals surface area contributed by atoms with E-state index in [0.717, 1.165) is 17.9 Å². The van der Waals surface area contributed by atoms with Crippen LogP contribution in [0.3, 0.4) is 0 Å². The van der Waals surface area contributed by atoms with E-state index in [1.54, 1.807) is 0 Å². The van der Waals surface area contributed by atoms with Gasteiger partial charge in [0, 0.05) is 0 Å². The number of hydrogen-bond acceptors (Lipinski definition) is 1. The summed E-state index contributed by atoms with van der Waals surface area (Å²) < 4.78 is 0. The van der Waals surface area contributed by atoms with Crippen molar-refractivity contribution >= 4 is 0 Å². The Morgan fingerprint density at radius 3 is 2.56 bits per heavy atom. The lowest BCUT2D eigenvalue weighted by Gasteiger charge is -2.14. The van der Waals surface area contributed by atoms with Crippen molar-refractivity contribution in [2.75, 3.05) is 6.54 Å². The van der Waals surface area contributed by atoms with Gasteiger partial charge in [0.25, 0.3) is 0 Å². The van der Waals surface area contributed by atoms with Gasteiger partial charge in [-0.05, 0) is 43.6 Å². The Kier molecular flexibility index (Phi) is 1.10. The quantitative estimate of drug-likeness (QED) is 0.565. The summed E-state index contributed by atoms with van der Waals surface area (Å²) in [5.74, 6) is 0.900. The summed E-state index contributed by atoms with van der Waals surface area (Å²) in [6.07, 6.45) is 7.30. The van der Waals surface area contributed by atoms with Crippen LogP contribution in [0.4, 0.5) is 0 Å². The van der Waals surface area contributed by atoms with Crippen molar-refractivity contribution in [3.63, 3.8) is 0 Å². The van der Waals surface area contributed by atoms with Crippen LogP contribution in [-0.2, 0) is 0 Å². The van der Waals surface area contributed by atoms with Crippen molar-refractivity contribution in [2.45, 2.75) is 32.1 Å². The Morgan fingerprint density at radius 2 is 2.11 bits per heavy atom. The summed E-state index contributed by atoms with van der Waals surface area (Å²) in [6.45, 7) is 0.944. The van der Waals surface area contributed by atoms with Gasteiger partial charge in [0.1, 0.15) is 0 Å². The van der Waals surface area contributed by atoms with Crippen molar-refractivity contribution in [1.29, 1.82) is 0 Å². The van der Waals surface area contributed by atoms with Crippen LogP contribution in [0.2, 0.25) is 0 Å². The van der Waals surface area contributed by atoms with Gasteiger partial charge in [-0.2, -0.15) is 0 Å². The molecule has 0 heterocycles.